The van der Waals surface area contributed by atoms with Gasteiger partial charge in [0.2, 0.25) is 11.1 Å². The summed E-state index contributed by atoms with van der Waals surface area (Å²) in [6, 6.07) is 9.91. The molecule has 8 heteroatoms. The molecule has 148 valence electrons. The first-order chi connectivity index (χ1) is 13.5. The molecule has 3 rings (SSSR count). The molecule has 0 saturated heterocycles. The van der Waals surface area contributed by atoms with Crippen molar-refractivity contribution < 1.29 is 9.53 Å². The fourth-order valence-corrected chi connectivity index (χ4v) is 4.35. The molecular formula is C20H25N5O2S. The number of rotatable bonds is 6. The van der Waals surface area contributed by atoms with Gasteiger partial charge in [0.15, 0.2) is 5.82 Å². The molecule has 7 nitrogen and oxygen atoms in total. The van der Waals surface area contributed by atoms with Crippen LogP contribution in [0, 0.1) is 11.3 Å². The highest BCUT2D eigenvalue weighted by Crippen LogP contribution is 2.34. The number of thioether (sulfide) groups is 1. The predicted molar refractivity (Wildman–Crippen MR) is 108 cm³/mol. The van der Waals surface area contributed by atoms with Gasteiger partial charge in [0.1, 0.15) is 11.3 Å². The fourth-order valence-electron chi connectivity index (χ4n) is 3.53. The number of ether oxygens (including phenoxy) is 1. The van der Waals surface area contributed by atoms with E-state index >= 15 is 0 Å². The molecule has 0 radical (unpaired) electrons. The summed E-state index contributed by atoms with van der Waals surface area (Å²) in [5, 5.41) is 17.0. The Morgan fingerprint density at radius 3 is 2.61 bits per heavy atom. The third kappa shape index (κ3) is 4.14. The lowest BCUT2D eigenvalue weighted by Crippen LogP contribution is -2.52. The van der Waals surface area contributed by atoms with Gasteiger partial charge in [-0.1, -0.05) is 31.0 Å². The van der Waals surface area contributed by atoms with Crippen LogP contribution in [0.5, 0.6) is 5.75 Å². The summed E-state index contributed by atoms with van der Waals surface area (Å²) in [6.45, 7) is 1.83. The van der Waals surface area contributed by atoms with E-state index in [9.17, 15) is 10.1 Å². The van der Waals surface area contributed by atoms with E-state index in [2.05, 4.69) is 21.3 Å². The summed E-state index contributed by atoms with van der Waals surface area (Å²) in [5.74, 6) is 1.34. The first-order valence-electron chi connectivity index (χ1n) is 9.41. The number of nitriles is 1. The van der Waals surface area contributed by atoms with Crippen LogP contribution < -0.4 is 4.74 Å². The fraction of sp³-hybridized carbons (Fsp3) is 0.500. The van der Waals surface area contributed by atoms with Crippen LogP contribution >= 0.6 is 11.8 Å². The van der Waals surface area contributed by atoms with Crippen LogP contribution in [0.1, 0.15) is 39.0 Å². The maximum Gasteiger partial charge on any atom is 0.236 e. The Bertz CT molecular complexity index is 852. The van der Waals surface area contributed by atoms with E-state index < -0.39 is 5.54 Å². The maximum atomic E-state index is 12.9. The molecule has 1 aromatic heterocycles. The third-order valence-electron chi connectivity index (χ3n) is 5.32. The second-order valence-electron chi connectivity index (χ2n) is 7.06. The topological polar surface area (TPSA) is 94.9 Å². The van der Waals surface area contributed by atoms with Crippen molar-refractivity contribution in [1.82, 2.24) is 20.1 Å². The molecular weight excluding hydrogens is 374 g/mol. The number of benzene rings is 1. The summed E-state index contributed by atoms with van der Waals surface area (Å²) in [7, 11) is 3.37. The van der Waals surface area contributed by atoms with E-state index in [0.717, 1.165) is 43.4 Å². The Morgan fingerprint density at radius 1 is 1.32 bits per heavy atom. The predicted octanol–water partition coefficient (Wildman–Crippen LogP) is 3.65. The molecule has 2 aromatic rings. The number of aromatic nitrogens is 3. The zero-order chi connectivity index (χ0) is 20.1. The summed E-state index contributed by atoms with van der Waals surface area (Å²) in [5.41, 5.74) is 0.208. The second-order valence-corrected chi connectivity index (χ2v) is 8.36. The molecule has 0 aliphatic heterocycles. The van der Waals surface area contributed by atoms with Gasteiger partial charge in [-0.3, -0.25) is 9.89 Å². The average molecular weight is 400 g/mol. The van der Waals surface area contributed by atoms with Gasteiger partial charge in [0.25, 0.3) is 0 Å². The van der Waals surface area contributed by atoms with Crippen LogP contribution in [0.4, 0.5) is 0 Å². The van der Waals surface area contributed by atoms with E-state index in [1.807, 2.05) is 31.2 Å². The van der Waals surface area contributed by atoms with Crippen LogP contribution in [-0.2, 0) is 4.79 Å². The quantitative estimate of drug-likeness (QED) is 0.745. The molecule has 0 bridgehead atoms. The van der Waals surface area contributed by atoms with Gasteiger partial charge in [-0.2, -0.15) is 5.26 Å². The first kappa shape index (κ1) is 20.2. The molecule has 1 N–H and O–H groups in total. The molecule has 1 aromatic carbocycles. The van der Waals surface area contributed by atoms with Crippen molar-refractivity contribution in [2.24, 2.45) is 0 Å². The highest BCUT2D eigenvalue weighted by Gasteiger charge is 2.40. The van der Waals surface area contributed by atoms with Gasteiger partial charge >= 0.3 is 0 Å². The van der Waals surface area contributed by atoms with E-state index in [0.29, 0.717) is 11.0 Å². The SMILES string of the molecule is COc1ccc(-c2nc(S[C@H](C)C(=O)N(C)C3(C#N)CCCCC3)n[nH]2)cc1. The Labute approximate surface area is 169 Å². The molecule has 1 aliphatic carbocycles. The van der Waals surface area contributed by atoms with Gasteiger partial charge < -0.3 is 9.64 Å². The number of nitrogens with one attached hydrogen (secondary N) is 1. The molecule has 1 aliphatic rings. The Hall–Kier alpha value is -2.53. The first-order valence-corrected chi connectivity index (χ1v) is 10.3. The Balaban J connectivity index is 1.67. The van der Waals surface area contributed by atoms with E-state index in [1.54, 1.807) is 19.1 Å². The number of amides is 1. The smallest absolute Gasteiger partial charge is 0.236 e. The van der Waals surface area contributed by atoms with Crippen LogP contribution in [0.2, 0.25) is 0 Å². The van der Waals surface area contributed by atoms with Crippen LogP contribution in [0.15, 0.2) is 29.4 Å². The monoisotopic (exact) mass is 399 g/mol. The van der Waals surface area contributed by atoms with E-state index in [-0.39, 0.29) is 11.2 Å². The number of carbonyl (C=O) groups is 1. The largest absolute Gasteiger partial charge is 0.497 e. The summed E-state index contributed by atoms with van der Waals surface area (Å²) < 4.78 is 5.16. The lowest BCUT2D eigenvalue weighted by Gasteiger charge is -2.39. The summed E-state index contributed by atoms with van der Waals surface area (Å²) in [6.07, 6.45) is 4.58. The van der Waals surface area contributed by atoms with Crippen molar-refractivity contribution in [1.29, 1.82) is 5.26 Å². The molecule has 1 fully saturated rings. The van der Waals surface area contributed by atoms with Gasteiger partial charge in [-0.05, 0) is 44.0 Å². The molecule has 1 heterocycles. The van der Waals surface area contributed by atoms with E-state index in [4.69, 9.17) is 4.74 Å². The summed E-state index contributed by atoms with van der Waals surface area (Å²) >= 11 is 1.30. The Kier molecular flexibility index (Phi) is 6.25. The van der Waals surface area contributed by atoms with E-state index in [1.165, 1.54) is 11.8 Å². The molecule has 0 unspecified atom stereocenters. The molecule has 1 atom stereocenters. The standard InChI is InChI=1S/C20H25N5O2S/c1-14(18(26)25(2)20(13-21)11-5-4-6-12-20)28-19-22-17(23-24-19)15-7-9-16(27-3)10-8-15/h7-10,14H,4-6,11-12H2,1-3H3,(H,22,23,24)/t14-/m1/s1. The highest BCUT2D eigenvalue weighted by molar-refractivity contribution is 8.00. The van der Waals surface area contributed by atoms with Gasteiger partial charge in [0, 0.05) is 12.6 Å². The van der Waals surface area contributed by atoms with Crippen molar-refractivity contribution in [2.45, 2.75) is 55.0 Å². The van der Waals surface area contributed by atoms with Gasteiger partial charge in [0.05, 0.1) is 18.4 Å². The highest BCUT2D eigenvalue weighted by atomic mass is 32.2. The Morgan fingerprint density at radius 2 is 2.00 bits per heavy atom. The third-order valence-corrected chi connectivity index (χ3v) is 6.27. The van der Waals surface area contributed by atoms with Crippen LogP contribution in [0.3, 0.4) is 0 Å². The lowest BCUT2D eigenvalue weighted by molar-refractivity contribution is -0.133. The summed E-state index contributed by atoms with van der Waals surface area (Å²) in [4.78, 5) is 19.1. The number of aromatic amines is 1. The van der Waals surface area contributed by atoms with Crippen molar-refractivity contribution in [3.8, 4) is 23.2 Å². The number of hydrogen-bond donors (Lipinski definition) is 1. The number of carbonyl (C=O) groups excluding carboxylic acids is 1. The molecule has 1 amide bonds. The van der Waals surface area contributed by atoms with Crippen LogP contribution in [-0.4, -0.2) is 50.9 Å². The normalized spacial score (nSPS) is 16.8. The lowest BCUT2D eigenvalue weighted by atomic mass is 9.81. The maximum absolute atomic E-state index is 12.9. The van der Waals surface area contributed by atoms with Crippen molar-refractivity contribution >= 4 is 17.7 Å². The zero-order valence-corrected chi connectivity index (χ0v) is 17.3. The minimum absolute atomic E-state index is 0.0655. The second kappa shape index (κ2) is 8.65. The molecule has 1 saturated carbocycles. The van der Waals surface area contributed by atoms with Gasteiger partial charge in [-0.25, -0.2) is 4.98 Å². The van der Waals surface area contributed by atoms with Gasteiger partial charge in [-0.15, -0.1) is 5.10 Å². The zero-order valence-electron chi connectivity index (χ0n) is 16.4. The minimum Gasteiger partial charge on any atom is -0.497 e. The number of H-pyrrole nitrogens is 1. The number of hydrogen-bond acceptors (Lipinski definition) is 6. The minimum atomic E-state index is -0.683. The molecule has 0 spiro atoms. The molecule has 28 heavy (non-hydrogen) atoms. The van der Waals surface area contributed by atoms with Crippen molar-refractivity contribution in [3.05, 3.63) is 24.3 Å². The number of methoxy groups -OCH3 is 1. The van der Waals surface area contributed by atoms with Crippen molar-refractivity contribution in [2.75, 3.05) is 14.2 Å². The van der Waals surface area contributed by atoms with Crippen LogP contribution in [0.25, 0.3) is 11.4 Å². The average Bonchev–Trinajstić information content (AvgIpc) is 3.21. The van der Waals surface area contributed by atoms with Crippen molar-refractivity contribution in [3.63, 3.8) is 0 Å². The number of nitrogens with zero attached hydrogens (tertiary/aromatic N) is 4.